The van der Waals surface area contributed by atoms with Crippen molar-refractivity contribution in [3.8, 4) is 0 Å². The van der Waals surface area contributed by atoms with E-state index in [9.17, 15) is 9.59 Å². The first-order chi connectivity index (χ1) is 10.7. The summed E-state index contributed by atoms with van der Waals surface area (Å²) in [6.45, 7) is 5.05. The van der Waals surface area contributed by atoms with Crippen molar-refractivity contribution >= 4 is 12.2 Å². The lowest BCUT2D eigenvalue weighted by Crippen LogP contribution is -2.56. The highest BCUT2D eigenvalue weighted by Gasteiger charge is 2.32. The molecule has 124 valence electrons. The van der Waals surface area contributed by atoms with Gasteiger partial charge in [-0.1, -0.05) is 0 Å². The van der Waals surface area contributed by atoms with E-state index in [-0.39, 0.29) is 12.2 Å². The van der Waals surface area contributed by atoms with E-state index in [1.165, 1.54) is 0 Å². The molecule has 4 atom stereocenters. The van der Waals surface area contributed by atoms with Gasteiger partial charge in [-0.3, -0.25) is 0 Å². The van der Waals surface area contributed by atoms with Crippen LogP contribution in [0.4, 0.5) is 9.59 Å². The zero-order valence-electron chi connectivity index (χ0n) is 12.6. The SMILES string of the molecule is O=C1N[C@@H]2CNCC[C@H]2CO1.O=C1N[C@H]2CNCC[C@@H]2CO1. The normalized spacial score (nSPS) is 36.9. The molecule has 4 heterocycles. The van der Waals surface area contributed by atoms with Crippen LogP contribution in [0.15, 0.2) is 0 Å². The van der Waals surface area contributed by atoms with Gasteiger partial charge < -0.3 is 30.7 Å². The molecule has 0 radical (unpaired) electrons. The predicted molar refractivity (Wildman–Crippen MR) is 78.5 cm³/mol. The number of ether oxygens (including phenoxy) is 2. The van der Waals surface area contributed by atoms with Gasteiger partial charge in [0.1, 0.15) is 0 Å². The number of rotatable bonds is 0. The molecule has 4 saturated heterocycles. The molecule has 0 spiro atoms. The number of hydrogen-bond donors (Lipinski definition) is 4. The summed E-state index contributed by atoms with van der Waals surface area (Å²) < 4.78 is 9.74. The fourth-order valence-corrected chi connectivity index (χ4v) is 3.31. The standard InChI is InChI=1S/2C7H12N2O2/c2*10-7-9-6-3-8-2-1-5(6)4-11-7/h2*5-6,8H,1-4H2,(H,9,10)/t2*5-,6+/m10/s1. The van der Waals surface area contributed by atoms with Gasteiger partial charge in [0, 0.05) is 24.9 Å². The monoisotopic (exact) mass is 312 g/mol. The maximum atomic E-state index is 10.8. The predicted octanol–water partition coefficient (Wildman–Crippen LogP) is -0.591. The minimum Gasteiger partial charge on any atom is -0.449 e. The van der Waals surface area contributed by atoms with Crippen LogP contribution in [0.3, 0.4) is 0 Å². The van der Waals surface area contributed by atoms with E-state index in [1.807, 2.05) is 0 Å². The molecule has 0 bridgehead atoms. The third-order valence-electron chi connectivity index (χ3n) is 4.71. The van der Waals surface area contributed by atoms with Gasteiger partial charge in [-0.05, 0) is 25.9 Å². The minimum absolute atomic E-state index is 0.269. The van der Waals surface area contributed by atoms with E-state index in [1.54, 1.807) is 0 Å². The van der Waals surface area contributed by atoms with Crippen LogP contribution >= 0.6 is 0 Å². The van der Waals surface area contributed by atoms with E-state index in [4.69, 9.17) is 9.47 Å². The van der Waals surface area contributed by atoms with Crippen molar-refractivity contribution in [2.24, 2.45) is 11.8 Å². The maximum absolute atomic E-state index is 10.8. The molecule has 8 heteroatoms. The van der Waals surface area contributed by atoms with E-state index < -0.39 is 0 Å². The summed E-state index contributed by atoms with van der Waals surface area (Å²) >= 11 is 0. The van der Waals surface area contributed by atoms with Gasteiger partial charge in [0.05, 0.1) is 25.3 Å². The van der Waals surface area contributed by atoms with Gasteiger partial charge in [-0.25, -0.2) is 9.59 Å². The maximum Gasteiger partial charge on any atom is 0.407 e. The largest absolute Gasteiger partial charge is 0.449 e. The molecule has 22 heavy (non-hydrogen) atoms. The van der Waals surface area contributed by atoms with Crippen molar-refractivity contribution in [3.63, 3.8) is 0 Å². The summed E-state index contributed by atoms with van der Waals surface area (Å²) in [5.41, 5.74) is 0. The lowest BCUT2D eigenvalue weighted by molar-refractivity contribution is 0.0687. The van der Waals surface area contributed by atoms with Gasteiger partial charge in [0.15, 0.2) is 0 Å². The molecular formula is C14H24N4O4. The fourth-order valence-electron chi connectivity index (χ4n) is 3.31. The summed E-state index contributed by atoms with van der Waals surface area (Å²) in [7, 11) is 0. The molecule has 4 fully saturated rings. The van der Waals surface area contributed by atoms with E-state index in [0.29, 0.717) is 37.1 Å². The van der Waals surface area contributed by atoms with Crippen molar-refractivity contribution < 1.29 is 19.1 Å². The number of hydrogen-bond acceptors (Lipinski definition) is 6. The van der Waals surface area contributed by atoms with Crippen molar-refractivity contribution in [1.82, 2.24) is 21.3 Å². The van der Waals surface area contributed by atoms with Crippen molar-refractivity contribution in [2.75, 3.05) is 39.4 Å². The van der Waals surface area contributed by atoms with Crippen LogP contribution in [0, 0.1) is 11.8 Å². The number of amides is 2. The number of cyclic esters (lactones) is 2. The highest BCUT2D eigenvalue weighted by molar-refractivity contribution is 5.68. The van der Waals surface area contributed by atoms with Gasteiger partial charge in [0.2, 0.25) is 0 Å². The minimum atomic E-state index is -0.269. The second-order valence-electron chi connectivity index (χ2n) is 6.20. The first kappa shape index (κ1) is 15.4. The average molecular weight is 312 g/mol. The Kier molecular flexibility index (Phi) is 4.99. The Hall–Kier alpha value is -1.54. The molecule has 0 saturated carbocycles. The van der Waals surface area contributed by atoms with Gasteiger partial charge in [-0.2, -0.15) is 0 Å². The molecule has 0 aliphatic carbocycles. The highest BCUT2D eigenvalue weighted by atomic mass is 16.6. The molecule has 8 nitrogen and oxygen atoms in total. The number of carbonyl (C=O) groups excluding carboxylic acids is 2. The molecule has 4 rings (SSSR count). The van der Waals surface area contributed by atoms with Crippen LogP contribution in [0.5, 0.6) is 0 Å². The van der Waals surface area contributed by atoms with Crippen molar-refractivity contribution in [1.29, 1.82) is 0 Å². The summed E-state index contributed by atoms with van der Waals surface area (Å²) in [6.07, 6.45) is 1.67. The van der Waals surface area contributed by atoms with Crippen LogP contribution in [0.25, 0.3) is 0 Å². The molecule has 2 amide bonds. The third kappa shape index (κ3) is 3.80. The zero-order valence-corrected chi connectivity index (χ0v) is 12.6. The molecule has 0 aromatic carbocycles. The summed E-state index contributed by atoms with van der Waals surface area (Å²) in [4.78, 5) is 21.5. The Morgan fingerprint density at radius 3 is 1.68 bits per heavy atom. The Balaban J connectivity index is 0.000000131. The molecule has 0 aromatic rings. The number of nitrogens with one attached hydrogen (secondary N) is 4. The highest BCUT2D eigenvalue weighted by Crippen LogP contribution is 2.17. The number of alkyl carbamates (subject to hydrolysis) is 2. The second kappa shape index (κ2) is 7.15. The average Bonchev–Trinajstić information content (AvgIpc) is 2.55. The molecule has 4 aliphatic rings. The molecule has 0 unspecified atom stereocenters. The van der Waals surface area contributed by atoms with Crippen LogP contribution < -0.4 is 21.3 Å². The molecule has 4 aliphatic heterocycles. The Morgan fingerprint density at radius 1 is 0.773 bits per heavy atom. The summed E-state index contributed by atoms with van der Waals surface area (Å²) in [5.74, 6) is 1.04. The zero-order chi connectivity index (χ0) is 15.4. The lowest BCUT2D eigenvalue weighted by atomic mass is 9.93. The van der Waals surface area contributed by atoms with Crippen LogP contribution in [0.1, 0.15) is 12.8 Å². The van der Waals surface area contributed by atoms with E-state index in [0.717, 1.165) is 39.0 Å². The Morgan fingerprint density at radius 2 is 1.23 bits per heavy atom. The van der Waals surface area contributed by atoms with Crippen LogP contribution in [0.2, 0.25) is 0 Å². The number of fused-ring (bicyclic) bond motifs is 2. The second-order valence-corrected chi connectivity index (χ2v) is 6.20. The van der Waals surface area contributed by atoms with E-state index >= 15 is 0 Å². The molecule has 0 aromatic heterocycles. The van der Waals surface area contributed by atoms with Crippen molar-refractivity contribution in [3.05, 3.63) is 0 Å². The van der Waals surface area contributed by atoms with Crippen LogP contribution in [-0.2, 0) is 9.47 Å². The van der Waals surface area contributed by atoms with Crippen molar-refractivity contribution in [2.45, 2.75) is 24.9 Å². The van der Waals surface area contributed by atoms with Gasteiger partial charge in [-0.15, -0.1) is 0 Å². The first-order valence-electron chi connectivity index (χ1n) is 8.00. The smallest absolute Gasteiger partial charge is 0.407 e. The summed E-state index contributed by atoms with van der Waals surface area (Å²) in [6, 6.07) is 0.593. The molecular weight excluding hydrogens is 288 g/mol. The van der Waals surface area contributed by atoms with Gasteiger partial charge in [0.25, 0.3) is 0 Å². The lowest BCUT2D eigenvalue weighted by Gasteiger charge is -2.35. The topological polar surface area (TPSA) is 101 Å². The number of piperidine rings is 2. The summed E-state index contributed by atoms with van der Waals surface area (Å²) in [5, 5.41) is 12.1. The fraction of sp³-hybridized carbons (Fsp3) is 0.857. The first-order valence-corrected chi connectivity index (χ1v) is 8.00. The third-order valence-corrected chi connectivity index (χ3v) is 4.71. The Labute approximate surface area is 129 Å². The number of carbonyl (C=O) groups is 2. The molecule has 4 N–H and O–H groups in total. The van der Waals surface area contributed by atoms with E-state index in [2.05, 4.69) is 21.3 Å². The Bertz CT molecular complexity index is 382. The quantitative estimate of drug-likeness (QED) is 0.477. The van der Waals surface area contributed by atoms with Gasteiger partial charge >= 0.3 is 12.2 Å². The van der Waals surface area contributed by atoms with Crippen LogP contribution in [-0.4, -0.2) is 63.7 Å².